The van der Waals surface area contributed by atoms with E-state index in [4.69, 9.17) is 0 Å². The summed E-state index contributed by atoms with van der Waals surface area (Å²) in [7, 11) is 0. The molecule has 0 saturated carbocycles. The molecule has 0 fully saturated rings. The number of hydrogen-bond donors (Lipinski definition) is 3. The monoisotopic (exact) mass is 332 g/mol. The number of carbonyl (C=O) groups excluding carboxylic acids is 2. The lowest BCUT2D eigenvalue weighted by Crippen LogP contribution is -2.45. The van der Waals surface area contributed by atoms with Crippen molar-refractivity contribution in [1.82, 2.24) is 10.6 Å². The number of hydrogen-bond acceptors (Lipinski definition) is 4. The molecule has 1 aromatic heterocycles. The van der Waals surface area contributed by atoms with Crippen LogP contribution < -0.4 is 10.6 Å². The number of aliphatic hydroxyl groups is 1. The van der Waals surface area contributed by atoms with Crippen molar-refractivity contribution >= 4 is 23.2 Å². The Labute approximate surface area is 139 Å². The fourth-order valence-corrected chi connectivity index (χ4v) is 2.84. The summed E-state index contributed by atoms with van der Waals surface area (Å²) >= 11 is 1.40. The minimum atomic E-state index is -1.19. The van der Waals surface area contributed by atoms with Gasteiger partial charge in [0.15, 0.2) is 0 Å². The average Bonchev–Trinajstić information content (AvgIpc) is 3.09. The Hall–Kier alpha value is -2.18. The van der Waals surface area contributed by atoms with Crippen LogP contribution >= 0.6 is 11.3 Å². The van der Waals surface area contributed by atoms with Crippen LogP contribution in [0.1, 0.15) is 17.4 Å². The number of nitrogens with one attached hydrogen (secondary N) is 2. The van der Waals surface area contributed by atoms with Crippen molar-refractivity contribution in [2.45, 2.75) is 18.9 Å². The van der Waals surface area contributed by atoms with E-state index in [0.717, 1.165) is 10.4 Å². The van der Waals surface area contributed by atoms with Gasteiger partial charge in [0, 0.05) is 11.4 Å². The second-order valence-corrected chi connectivity index (χ2v) is 6.37. The first-order chi connectivity index (χ1) is 11.0. The van der Waals surface area contributed by atoms with E-state index in [9.17, 15) is 14.7 Å². The lowest BCUT2D eigenvalue weighted by Gasteiger charge is -2.22. The first-order valence-electron chi connectivity index (χ1n) is 7.35. The standard InChI is InChI=1S/C17H20N2O3S/c1-17(22,14-8-5-11-23-14)12-19-16(21)15(20)18-10-9-13-6-3-2-4-7-13/h2-8,11,22H,9-10,12H2,1H3,(H,18,20)(H,19,21)/t17-/m0/s1. The summed E-state index contributed by atoms with van der Waals surface area (Å²) in [5, 5.41) is 17.2. The zero-order valence-electron chi connectivity index (χ0n) is 12.9. The minimum Gasteiger partial charge on any atom is -0.383 e. The van der Waals surface area contributed by atoms with Gasteiger partial charge in [-0.25, -0.2) is 0 Å². The molecular formula is C17H20N2O3S. The average molecular weight is 332 g/mol. The number of benzene rings is 1. The molecule has 2 amide bonds. The SMILES string of the molecule is C[C@](O)(CNC(=O)C(=O)NCCc1ccccc1)c1cccs1. The number of thiophene rings is 1. The molecule has 1 heterocycles. The largest absolute Gasteiger partial charge is 0.383 e. The van der Waals surface area contributed by atoms with Crippen LogP contribution in [0.15, 0.2) is 47.8 Å². The van der Waals surface area contributed by atoms with E-state index in [1.165, 1.54) is 11.3 Å². The fourth-order valence-electron chi connectivity index (χ4n) is 2.05. The Balaban J connectivity index is 1.74. The predicted octanol–water partition coefficient (Wildman–Crippen LogP) is 1.43. The Kier molecular flexibility index (Phi) is 5.90. The van der Waals surface area contributed by atoms with Gasteiger partial charge in [0.25, 0.3) is 0 Å². The highest BCUT2D eigenvalue weighted by Gasteiger charge is 2.26. The summed E-state index contributed by atoms with van der Waals surface area (Å²) in [6.07, 6.45) is 0.659. The van der Waals surface area contributed by atoms with Crippen LogP contribution in [-0.4, -0.2) is 30.0 Å². The molecule has 0 aliphatic heterocycles. The molecule has 3 N–H and O–H groups in total. The molecule has 23 heavy (non-hydrogen) atoms. The third-order valence-electron chi connectivity index (χ3n) is 3.39. The number of rotatable bonds is 6. The molecule has 0 aliphatic carbocycles. The second-order valence-electron chi connectivity index (χ2n) is 5.43. The van der Waals surface area contributed by atoms with Gasteiger partial charge in [-0.2, -0.15) is 0 Å². The number of carbonyl (C=O) groups is 2. The first-order valence-corrected chi connectivity index (χ1v) is 8.23. The third-order valence-corrected chi connectivity index (χ3v) is 4.52. The van der Waals surface area contributed by atoms with Gasteiger partial charge in [-0.3, -0.25) is 9.59 Å². The maximum atomic E-state index is 11.8. The van der Waals surface area contributed by atoms with Gasteiger partial charge in [-0.05, 0) is 30.4 Å². The summed E-state index contributed by atoms with van der Waals surface area (Å²) in [5.41, 5.74) is -0.0948. The topological polar surface area (TPSA) is 78.4 Å². The highest BCUT2D eigenvalue weighted by atomic mass is 32.1. The highest BCUT2D eigenvalue weighted by molar-refractivity contribution is 7.10. The molecule has 1 aromatic carbocycles. The van der Waals surface area contributed by atoms with E-state index in [1.54, 1.807) is 13.0 Å². The van der Waals surface area contributed by atoms with Crippen LogP contribution in [0.4, 0.5) is 0 Å². The lowest BCUT2D eigenvalue weighted by molar-refractivity contribution is -0.139. The minimum absolute atomic E-state index is 0.0154. The summed E-state index contributed by atoms with van der Waals surface area (Å²) < 4.78 is 0. The highest BCUT2D eigenvalue weighted by Crippen LogP contribution is 2.24. The van der Waals surface area contributed by atoms with E-state index in [-0.39, 0.29) is 6.54 Å². The van der Waals surface area contributed by atoms with Crippen LogP contribution in [0.3, 0.4) is 0 Å². The Morgan fingerprint density at radius 1 is 1.09 bits per heavy atom. The molecule has 2 rings (SSSR count). The molecule has 0 radical (unpaired) electrons. The van der Waals surface area contributed by atoms with Crippen molar-refractivity contribution in [2.75, 3.05) is 13.1 Å². The van der Waals surface area contributed by atoms with E-state index in [2.05, 4.69) is 10.6 Å². The van der Waals surface area contributed by atoms with Crippen molar-refractivity contribution in [3.05, 3.63) is 58.3 Å². The molecule has 0 spiro atoms. The molecule has 0 saturated heterocycles. The molecule has 122 valence electrons. The van der Waals surface area contributed by atoms with E-state index >= 15 is 0 Å². The van der Waals surface area contributed by atoms with Crippen molar-refractivity contribution < 1.29 is 14.7 Å². The summed E-state index contributed by atoms with van der Waals surface area (Å²) in [4.78, 5) is 24.2. The zero-order valence-corrected chi connectivity index (χ0v) is 13.7. The third kappa shape index (κ3) is 5.19. The van der Waals surface area contributed by atoms with Gasteiger partial charge in [0.05, 0.1) is 6.54 Å². The van der Waals surface area contributed by atoms with E-state index < -0.39 is 17.4 Å². The van der Waals surface area contributed by atoms with Crippen molar-refractivity contribution in [2.24, 2.45) is 0 Å². The van der Waals surface area contributed by atoms with Crippen molar-refractivity contribution in [3.8, 4) is 0 Å². The molecule has 0 aliphatic rings. The fraction of sp³-hybridized carbons (Fsp3) is 0.294. The molecule has 1 atom stereocenters. The first kappa shape index (κ1) is 17.2. The Morgan fingerprint density at radius 3 is 2.43 bits per heavy atom. The molecule has 0 bridgehead atoms. The maximum absolute atomic E-state index is 11.8. The smallest absolute Gasteiger partial charge is 0.309 e. The second kappa shape index (κ2) is 7.89. The predicted molar refractivity (Wildman–Crippen MR) is 90.1 cm³/mol. The summed E-state index contributed by atoms with van der Waals surface area (Å²) in [6.45, 7) is 1.97. The Morgan fingerprint density at radius 2 is 1.78 bits per heavy atom. The van der Waals surface area contributed by atoms with E-state index in [1.807, 2.05) is 41.8 Å². The Bertz CT molecular complexity index is 639. The van der Waals surface area contributed by atoms with Crippen LogP contribution in [0.2, 0.25) is 0 Å². The maximum Gasteiger partial charge on any atom is 0.309 e. The van der Waals surface area contributed by atoms with Gasteiger partial charge in [-0.15, -0.1) is 11.3 Å². The van der Waals surface area contributed by atoms with Crippen molar-refractivity contribution in [1.29, 1.82) is 0 Å². The summed E-state index contributed by atoms with van der Waals surface area (Å²) in [6, 6.07) is 13.3. The molecular weight excluding hydrogens is 312 g/mol. The molecule has 2 aromatic rings. The molecule has 5 nitrogen and oxygen atoms in total. The van der Waals surface area contributed by atoms with Crippen LogP contribution in [0.5, 0.6) is 0 Å². The van der Waals surface area contributed by atoms with Crippen molar-refractivity contribution in [3.63, 3.8) is 0 Å². The molecule has 6 heteroatoms. The van der Waals surface area contributed by atoms with Gasteiger partial charge in [0.1, 0.15) is 5.60 Å². The molecule has 0 unspecified atom stereocenters. The van der Waals surface area contributed by atoms with Gasteiger partial charge in [-0.1, -0.05) is 36.4 Å². The van der Waals surface area contributed by atoms with Crippen LogP contribution in [0, 0.1) is 0 Å². The summed E-state index contributed by atoms with van der Waals surface area (Å²) in [5.74, 6) is -1.43. The van der Waals surface area contributed by atoms with Crippen LogP contribution in [0.25, 0.3) is 0 Å². The quantitative estimate of drug-likeness (QED) is 0.700. The van der Waals surface area contributed by atoms with E-state index in [0.29, 0.717) is 13.0 Å². The lowest BCUT2D eigenvalue weighted by atomic mass is 10.1. The van der Waals surface area contributed by atoms with Gasteiger partial charge in [0.2, 0.25) is 0 Å². The van der Waals surface area contributed by atoms with Crippen LogP contribution in [-0.2, 0) is 21.6 Å². The number of amides is 2. The van der Waals surface area contributed by atoms with Gasteiger partial charge < -0.3 is 15.7 Å². The zero-order chi connectivity index (χ0) is 16.7. The van der Waals surface area contributed by atoms with Gasteiger partial charge >= 0.3 is 11.8 Å². The normalized spacial score (nSPS) is 13.1.